The highest BCUT2D eigenvalue weighted by Gasteiger charge is 2.24. The zero-order chi connectivity index (χ0) is 34.2. The van der Waals surface area contributed by atoms with Crippen LogP contribution in [0.4, 0.5) is 10.1 Å². The summed E-state index contributed by atoms with van der Waals surface area (Å²) in [5.41, 5.74) is 7.67. The number of aryl methyl sites for hydroxylation is 1. The van der Waals surface area contributed by atoms with Crippen LogP contribution in [0, 0.1) is 12.7 Å². The Morgan fingerprint density at radius 2 is 2.02 bits per heavy atom. The van der Waals surface area contributed by atoms with Crippen LogP contribution in [-0.2, 0) is 24.4 Å². The summed E-state index contributed by atoms with van der Waals surface area (Å²) in [4.78, 5) is 28.7. The van der Waals surface area contributed by atoms with E-state index in [1.165, 1.54) is 6.07 Å². The van der Waals surface area contributed by atoms with Crippen LogP contribution in [0.3, 0.4) is 0 Å². The second kappa shape index (κ2) is 13.7. The van der Waals surface area contributed by atoms with E-state index in [1.54, 1.807) is 18.2 Å². The molecule has 1 amide bonds. The summed E-state index contributed by atoms with van der Waals surface area (Å²) in [5.74, 6) is 0.810. The number of anilines is 1. The summed E-state index contributed by atoms with van der Waals surface area (Å²) < 4.78 is 28.1. The van der Waals surface area contributed by atoms with Gasteiger partial charge < -0.3 is 24.3 Å². The molecule has 0 radical (unpaired) electrons. The highest BCUT2D eigenvalue weighted by Crippen LogP contribution is 2.28. The molecule has 5 heterocycles. The van der Waals surface area contributed by atoms with E-state index >= 15 is 0 Å². The summed E-state index contributed by atoms with van der Waals surface area (Å²) >= 11 is 5.88. The lowest BCUT2D eigenvalue weighted by molar-refractivity contribution is -0.0591. The number of H-pyrrole nitrogens is 1. The lowest BCUT2D eigenvalue weighted by Gasteiger charge is -2.29. The fourth-order valence-corrected chi connectivity index (χ4v) is 6.73. The van der Waals surface area contributed by atoms with Crippen LogP contribution >= 0.6 is 11.6 Å². The Bertz CT molecular complexity index is 2260. The zero-order valence-electron chi connectivity index (χ0n) is 27.6. The number of nitrogens with zero attached hydrogens (tertiary/aromatic N) is 4. The molecule has 2 N–H and O–H groups in total. The van der Waals surface area contributed by atoms with Gasteiger partial charge in [0.2, 0.25) is 5.88 Å². The largest absolute Gasteiger partial charge is 0.473 e. The Morgan fingerprint density at radius 1 is 1.12 bits per heavy atom. The number of hydrogen-bond donors (Lipinski definition) is 2. The van der Waals surface area contributed by atoms with Crippen molar-refractivity contribution in [3.63, 3.8) is 0 Å². The number of imidazole rings is 1. The van der Waals surface area contributed by atoms with E-state index in [0.717, 1.165) is 89.4 Å². The minimum atomic E-state index is -0.403. The van der Waals surface area contributed by atoms with E-state index < -0.39 is 5.82 Å². The number of fused-ring (bicyclic) bond motifs is 2. The van der Waals surface area contributed by atoms with Crippen LogP contribution in [0.25, 0.3) is 27.5 Å². The number of aromatic nitrogens is 4. The molecular formula is C39H36ClFN6O3. The van der Waals surface area contributed by atoms with Crippen molar-refractivity contribution in [3.05, 3.63) is 124 Å². The normalized spacial score (nSPS) is 16.4. The van der Waals surface area contributed by atoms with E-state index in [4.69, 9.17) is 31.0 Å². The summed E-state index contributed by atoms with van der Waals surface area (Å²) in [6.07, 6.45) is 6.15. The van der Waals surface area contributed by atoms with Crippen molar-refractivity contribution in [1.82, 2.24) is 24.4 Å². The molecule has 254 valence electrons. The maximum Gasteiger partial charge on any atom is 0.255 e. The number of carbonyl (C=O) groups is 1. The molecule has 1 atom stereocenters. The third kappa shape index (κ3) is 6.74. The Balaban J connectivity index is 0.965. The first-order chi connectivity index (χ1) is 24.4. The van der Waals surface area contributed by atoms with Crippen LogP contribution in [-0.4, -0.2) is 56.1 Å². The number of halogens is 2. The van der Waals surface area contributed by atoms with Gasteiger partial charge in [-0.05, 0) is 85.5 Å². The quantitative estimate of drug-likeness (QED) is 0.152. The van der Waals surface area contributed by atoms with Gasteiger partial charge in [0, 0.05) is 64.7 Å². The topological polar surface area (TPSA) is 97.3 Å². The number of pyridine rings is 1. The number of aromatic amines is 1. The maximum absolute atomic E-state index is 14.2. The molecular weight excluding hydrogens is 655 g/mol. The first-order valence-corrected chi connectivity index (χ1v) is 17.2. The van der Waals surface area contributed by atoms with Crippen molar-refractivity contribution in [1.29, 1.82) is 0 Å². The van der Waals surface area contributed by atoms with E-state index in [9.17, 15) is 9.18 Å². The number of benzene rings is 3. The van der Waals surface area contributed by atoms with Gasteiger partial charge >= 0.3 is 0 Å². The van der Waals surface area contributed by atoms with Crippen molar-refractivity contribution in [2.24, 2.45) is 0 Å². The number of rotatable bonds is 10. The van der Waals surface area contributed by atoms with E-state index in [-0.39, 0.29) is 18.6 Å². The molecule has 2 aliphatic heterocycles. The van der Waals surface area contributed by atoms with Crippen LogP contribution in [0.1, 0.15) is 45.8 Å². The van der Waals surface area contributed by atoms with Gasteiger partial charge in [-0.15, -0.1) is 0 Å². The molecule has 9 nitrogen and oxygen atoms in total. The third-order valence-corrected chi connectivity index (χ3v) is 9.75. The number of hydrogen-bond acceptors (Lipinski definition) is 6. The first kappa shape index (κ1) is 32.2. The second-order valence-electron chi connectivity index (χ2n) is 12.9. The molecule has 1 fully saturated rings. The molecule has 2 aliphatic rings. The molecule has 8 rings (SSSR count). The molecule has 0 aliphatic carbocycles. The zero-order valence-corrected chi connectivity index (χ0v) is 28.3. The molecule has 6 aromatic rings. The van der Waals surface area contributed by atoms with Crippen molar-refractivity contribution < 1.29 is 18.7 Å². The second-order valence-corrected chi connectivity index (χ2v) is 13.3. The lowest BCUT2D eigenvalue weighted by atomic mass is 10.0. The van der Waals surface area contributed by atoms with Crippen molar-refractivity contribution in [2.75, 3.05) is 25.0 Å². The molecule has 3 aromatic heterocycles. The smallest absolute Gasteiger partial charge is 0.255 e. The summed E-state index contributed by atoms with van der Waals surface area (Å²) in [6, 6.07) is 21.8. The Kier molecular flexibility index (Phi) is 8.82. The Morgan fingerprint density at radius 3 is 2.82 bits per heavy atom. The molecule has 0 saturated carbocycles. The van der Waals surface area contributed by atoms with Gasteiger partial charge in [0.05, 0.1) is 35.9 Å². The van der Waals surface area contributed by atoms with E-state index in [1.807, 2.05) is 61.7 Å². The summed E-state index contributed by atoms with van der Waals surface area (Å²) in [7, 11) is 0. The molecule has 0 bridgehead atoms. The van der Waals surface area contributed by atoms with E-state index in [0.29, 0.717) is 28.6 Å². The van der Waals surface area contributed by atoms with Crippen LogP contribution < -0.4 is 10.1 Å². The van der Waals surface area contributed by atoms with Gasteiger partial charge in [0.15, 0.2) is 0 Å². The molecule has 3 aromatic carbocycles. The van der Waals surface area contributed by atoms with Crippen molar-refractivity contribution >= 4 is 50.7 Å². The third-order valence-electron chi connectivity index (χ3n) is 9.52. The Hall–Kier alpha value is -5.03. The number of ether oxygens (including phenoxy) is 2. The average molecular weight is 691 g/mol. The van der Waals surface area contributed by atoms with Gasteiger partial charge in [0.25, 0.3) is 5.91 Å². The fourth-order valence-electron chi connectivity index (χ4n) is 6.57. The number of nitrogens with one attached hydrogen (secondary N) is 2. The SMILES string of the molecule is Cc1c[nH]c2ccc(NC(=O)c3ccc4c(c3)nc(CN3CC=C(c5cccc(OCc6ccc(Cl)cc6F)n5)CC3)n4C[C@@H]3CCO3)cc12. The van der Waals surface area contributed by atoms with Gasteiger partial charge in [-0.25, -0.2) is 14.4 Å². The van der Waals surface area contributed by atoms with E-state index in [2.05, 4.69) is 25.8 Å². The van der Waals surface area contributed by atoms with Crippen LogP contribution in [0.15, 0.2) is 85.1 Å². The average Bonchev–Trinajstić information content (AvgIpc) is 3.64. The highest BCUT2D eigenvalue weighted by molar-refractivity contribution is 6.30. The predicted molar refractivity (Wildman–Crippen MR) is 193 cm³/mol. The Labute approximate surface area is 293 Å². The van der Waals surface area contributed by atoms with Crippen LogP contribution in [0.2, 0.25) is 5.02 Å². The number of carbonyl (C=O) groups excluding carboxylic acids is 1. The van der Waals surface area contributed by atoms with Gasteiger partial charge in [0.1, 0.15) is 18.2 Å². The molecule has 50 heavy (non-hydrogen) atoms. The monoisotopic (exact) mass is 690 g/mol. The molecule has 0 spiro atoms. The summed E-state index contributed by atoms with van der Waals surface area (Å²) in [6.45, 7) is 5.83. The van der Waals surface area contributed by atoms with Crippen LogP contribution in [0.5, 0.6) is 5.88 Å². The maximum atomic E-state index is 14.2. The minimum Gasteiger partial charge on any atom is -0.473 e. The first-order valence-electron chi connectivity index (χ1n) is 16.8. The highest BCUT2D eigenvalue weighted by atomic mass is 35.5. The van der Waals surface area contributed by atoms with Gasteiger partial charge in [-0.2, -0.15) is 0 Å². The minimum absolute atomic E-state index is 0.0649. The summed E-state index contributed by atoms with van der Waals surface area (Å²) in [5, 5.41) is 4.49. The number of amides is 1. The van der Waals surface area contributed by atoms with Gasteiger partial charge in [-0.1, -0.05) is 29.8 Å². The van der Waals surface area contributed by atoms with Crippen molar-refractivity contribution in [2.45, 2.75) is 45.6 Å². The van der Waals surface area contributed by atoms with Crippen molar-refractivity contribution in [3.8, 4) is 5.88 Å². The molecule has 1 saturated heterocycles. The lowest BCUT2D eigenvalue weighted by Crippen LogP contribution is -2.33. The standard InChI is InChI=1S/C39H36ClFN6O3/c1-24-20-42-34-9-8-29(19-31(24)34)43-39(48)26-6-10-36-35(17-26)44-37(47(36)21-30-13-16-49-30)22-46-14-11-25(12-15-46)33-3-2-4-38(45-33)50-23-27-5-7-28(40)18-32(27)41/h2-11,17-20,30,42H,12-16,21-23H2,1H3,(H,43,48)/t30-/m0/s1. The predicted octanol–water partition coefficient (Wildman–Crippen LogP) is 7.92. The molecule has 11 heteroatoms. The van der Waals surface area contributed by atoms with Gasteiger partial charge in [-0.3, -0.25) is 9.69 Å². The fraction of sp³-hybridized carbons (Fsp3) is 0.256. The molecule has 0 unspecified atom stereocenters.